The molecule has 0 aliphatic carbocycles. The first-order valence-corrected chi connectivity index (χ1v) is 8.37. The van der Waals surface area contributed by atoms with E-state index < -0.39 is 6.09 Å². The summed E-state index contributed by atoms with van der Waals surface area (Å²) in [5.41, 5.74) is 1.03. The number of hydrogen-bond donors (Lipinski definition) is 2. The van der Waals surface area contributed by atoms with Gasteiger partial charge < -0.3 is 24.3 Å². The van der Waals surface area contributed by atoms with Crippen molar-refractivity contribution in [1.29, 1.82) is 0 Å². The molecule has 1 fully saturated rings. The molecule has 2 N–H and O–H groups in total. The topological polar surface area (TPSA) is 59.1 Å². The number of rotatable bonds is 5. The molecule has 2 heterocycles. The molecule has 1 aromatic heterocycles. The summed E-state index contributed by atoms with van der Waals surface area (Å²) in [6, 6.07) is 10.4. The van der Waals surface area contributed by atoms with Gasteiger partial charge in [-0.3, -0.25) is 0 Å². The van der Waals surface area contributed by atoms with Gasteiger partial charge in [0, 0.05) is 5.69 Å². The lowest BCUT2D eigenvalue weighted by molar-refractivity contribution is -0.932. The van der Waals surface area contributed by atoms with E-state index in [2.05, 4.69) is 15.0 Å². The smallest absolute Gasteiger partial charge is 0.407 e. The maximum atomic E-state index is 13.1. The second-order valence-electron chi connectivity index (χ2n) is 6.06. The average Bonchev–Trinajstić information content (AvgIpc) is 3.17. The SMILES string of the molecule is COC(=O)NC[C@H](c1ccco1)[NH+]1CCN(c2ccc(F)cc2)CC1. The maximum Gasteiger partial charge on any atom is 0.407 e. The Morgan fingerprint density at radius 3 is 2.64 bits per heavy atom. The number of halogens is 1. The van der Waals surface area contributed by atoms with Gasteiger partial charge in [0.1, 0.15) is 5.82 Å². The number of anilines is 1. The van der Waals surface area contributed by atoms with Crippen LogP contribution in [0, 0.1) is 5.82 Å². The summed E-state index contributed by atoms with van der Waals surface area (Å²) < 4.78 is 23.3. The molecule has 134 valence electrons. The van der Waals surface area contributed by atoms with Crippen molar-refractivity contribution in [2.45, 2.75) is 6.04 Å². The van der Waals surface area contributed by atoms with Gasteiger partial charge in [0.2, 0.25) is 0 Å². The van der Waals surface area contributed by atoms with Gasteiger partial charge in [0.15, 0.2) is 11.8 Å². The fraction of sp³-hybridized carbons (Fsp3) is 0.389. The van der Waals surface area contributed by atoms with Crippen molar-refractivity contribution < 1.29 is 23.2 Å². The highest BCUT2D eigenvalue weighted by Gasteiger charge is 2.31. The van der Waals surface area contributed by atoms with Gasteiger partial charge in [-0.15, -0.1) is 0 Å². The second kappa shape index (κ2) is 8.02. The molecule has 1 aliphatic rings. The highest BCUT2D eigenvalue weighted by molar-refractivity contribution is 5.66. The van der Waals surface area contributed by atoms with Crippen LogP contribution in [-0.4, -0.2) is 45.9 Å². The second-order valence-corrected chi connectivity index (χ2v) is 6.06. The van der Waals surface area contributed by atoms with Gasteiger partial charge in [-0.25, -0.2) is 9.18 Å². The number of nitrogens with one attached hydrogen (secondary N) is 2. The first kappa shape index (κ1) is 17.3. The molecule has 2 aromatic rings. The van der Waals surface area contributed by atoms with Crippen LogP contribution < -0.4 is 15.1 Å². The van der Waals surface area contributed by atoms with Gasteiger partial charge in [-0.2, -0.15) is 0 Å². The van der Waals surface area contributed by atoms with Crippen LogP contribution >= 0.6 is 0 Å². The summed E-state index contributed by atoms with van der Waals surface area (Å²) in [5.74, 6) is 0.626. The van der Waals surface area contributed by atoms with Crippen molar-refractivity contribution in [3.8, 4) is 0 Å². The Balaban J connectivity index is 1.63. The summed E-state index contributed by atoms with van der Waals surface area (Å²) in [6.07, 6.45) is 1.20. The molecule has 0 spiro atoms. The van der Waals surface area contributed by atoms with E-state index >= 15 is 0 Å². The van der Waals surface area contributed by atoms with Crippen LogP contribution in [0.5, 0.6) is 0 Å². The predicted octanol–water partition coefficient (Wildman–Crippen LogP) is 1.22. The fourth-order valence-corrected chi connectivity index (χ4v) is 3.25. The van der Waals surface area contributed by atoms with Gasteiger partial charge in [-0.1, -0.05) is 0 Å². The Kier molecular flexibility index (Phi) is 5.55. The van der Waals surface area contributed by atoms with Crippen LogP contribution in [0.2, 0.25) is 0 Å². The number of amides is 1. The van der Waals surface area contributed by atoms with Crippen LogP contribution in [0.15, 0.2) is 47.1 Å². The van der Waals surface area contributed by atoms with Crippen molar-refractivity contribution >= 4 is 11.8 Å². The van der Waals surface area contributed by atoms with Crippen LogP contribution in [0.4, 0.5) is 14.9 Å². The lowest BCUT2D eigenvalue weighted by Gasteiger charge is -2.37. The van der Waals surface area contributed by atoms with E-state index in [0.717, 1.165) is 37.6 Å². The molecule has 1 saturated heterocycles. The molecule has 0 radical (unpaired) electrons. The monoisotopic (exact) mass is 348 g/mol. The van der Waals surface area contributed by atoms with E-state index in [-0.39, 0.29) is 11.9 Å². The number of furan rings is 1. The molecule has 6 nitrogen and oxygen atoms in total. The molecule has 7 heteroatoms. The van der Waals surface area contributed by atoms with Crippen molar-refractivity contribution in [3.63, 3.8) is 0 Å². The number of piperazine rings is 1. The van der Waals surface area contributed by atoms with Crippen LogP contribution in [-0.2, 0) is 4.74 Å². The molecule has 1 aliphatic heterocycles. The fourth-order valence-electron chi connectivity index (χ4n) is 3.25. The maximum absolute atomic E-state index is 13.1. The number of carbonyl (C=O) groups excluding carboxylic acids is 1. The third-order valence-corrected chi connectivity index (χ3v) is 4.61. The van der Waals surface area contributed by atoms with Crippen molar-refractivity contribution in [1.82, 2.24) is 5.32 Å². The molecule has 0 saturated carbocycles. The average molecular weight is 348 g/mol. The number of carbonyl (C=O) groups is 1. The van der Waals surface area contributed by atoms with Gasteiger partial charge in [0.25, 0.3) is 0 Å². The Bertz CT molecular complexity index is 667. The molecular formula is C18H23FN3O3+. The first-order valence-electron chi connectivity index (χ1n) is 8.37. The molecule has 0 bridgehead atoms. The summed E-state index contributed by atoms with van der Waals surface area (Å²) in [7, 11) is 1.35. The lowest BCUT2D eigenvalue weighted by Crippen LogP contribution is -3.15. The number of quaternary nitrogens is 1. The molecule has 1 amide bonds. The Labute approximate surface area is 146 Å². The van der Waals surface area contributed by atoms with Crippen LogP contribution in [0.1, 0.15) is 11.8 Å². The summed E-state index contributed by atoms with van der Waals surface area (Å²) in [5, 5.41) is 2.77. The van der Waals surface area contributed by atoms with Crippen LogP contribution in [0.3, 0.4) is 0 Å². The Morgan fingerprint density at radius 1 is 1.32 bits per heavy atom. The van der Waals surface area contributed by atoms with E-state index in [0.29, 0.717) is 6.54 Å². The van der Waals surface area contributed by atoms with E-state index in [1.165, 1.54) is 24.1 Å². The van der Waals surface area contributed by atoms with E-state index in [1.54, 1.807) is 6.26 Å². The van der Waals surface area contributed by atoms with Crippen LogP contribution in [0.25, 0.3) is 0 Å². The predicted molar refractivity (Wildman–Crippen MR) is 91.2 cm³/mol. The Morgan fingerprint density at radius 2 is 2.04 bits per heavy atom. The molecule has 1 atom stereocenters. The van der Waals surface area contributed by atoms with Crippen molar-refractivity contribution in [2.75, 3.05) is 44.7 Å². The summed E-state index contributed by atoms with van der Waals surface area (Å²) in [4.78, 5) is 15.0. The van der Waals surface area contributed by atoms with Crippen molar-refractivity contribution in [2.24, 2.45) is 0 Å². The van der Waals surface area contributed by atoms with E-state index in [9.17, 15) is 9.18 Å². The highest BCUT2D eigenvalue weighted by Crippen LogP contribution is 2.16. The molecule has 1 aromatic carbocycles. The largest absolute Gasteiger partial charge is 0.463 e. The van der Waals surface area contributed by atoms with Gasteiger partial charge in [-0.05, 0) is 36.4 Å². The molecule has 25 heavy (non-hydrogen) atoms. The van der Waals surface area contributed by atoms with E-state index in [4.69, 9.17) is 4.42 Å². The zero-order valence-electron chi connectivity index (χ0n) is 14.2. The van der Waals surface area contributed by atoms with E-state index in [1.807, 2.05) is 24.3 Å². The zero-order chi connectivity index (χ0) is 17.6. The number of benzene rings is 1. The quantitative estimate of drug-likeness (QED) is 0.853. The highest BCUT2D eigenvalue weighted by atomic mass is 19.1. The summed E-state index contributed by atoms with van der Waals surface area (Å²) in [6.45, 7) is 3.95. The Hall–Kier alpha value is -2.54. The third-order valence-electron chi connectivity index (χ3n) is 4.61. The van der Waals surface area contributed by atoms with Crippen molar-refractivity contribution in [3.05, 3.63) is 54.2 Å². The standard InChI is InChI=1S/C18H22FN3O3/c1-24-18(23)20-13-16(17-3-2-12-25-17)22-10-8-21(9-11-22)15-6-4-14(19)5-7-15/h2-7,12,16H,8-11,13H2,1H3,(H,20,23)/p+1/t16-/m1/s1. The minimum Gasteiger partial charge on any atom is -0.463 e. The third kappa shape index (κ3) is 4.30. The number of alkyl carbamates (subject to hydrolysis) is 1. The molecule has 3 rings (SSSR count). The molecule has 0 unspecified atom stereocenters. The first-order chi connectivity index (χ1) is 12.2. The number of ether oxygens (including phenoxy) is 1. The number of methoxy groups -OCH3 is 1. The lowest BCUT2D eigenvalue weighted by atomic mass is 10.1. The summed E-state index contributed by atoms with van der Waals surface area (Å²) >= 11 is 0. The number of nitrogens with zero attached hydrogens (tertiary/aromatic N) is 1. The van der Waals surface area contributed by atoms with Gasteiger partial charge in [0.05, 0.1) is 46.1 Å². The zero-order valence-corrected chi connectivity index (χ0v) is 14.2. The minimum atomic E-state index is -0.444. The molecular weight excluding hydrogens is 325 g/mol. The van der Waals surface area contributed by atoms with Gasteiger partial charge >= 0.3 is 6.09 Å². The minimum absolute atomic E-state index is 0.0319. The number of hydrogen-bond acceptors (Lipinski definition) is 4. The normalized spacial score (nSPS) is 16.5.